The Balaban J connectivity index is 1.44. The van der Waals surface area contributed by atoms with Gasteiger partial charge >= 0.3 is 0 Å². The normalized spacial score (nSPS) is 12.0. The average molecular weight is 515 g/mol. The van der Waals surface area contributed by atoms with Crippen LogP contribution in [0.1, 0.15) is 109 Å². The van der Waals surface area contributed by atoms with Crippen LogP contribution in [0.5, 0.6) is 5.75 Å². The molecule has 3 aromatic rings. The standard InChI is InChI=1S/C36H50O2/c1-4-6-7-8-9-10-11-12-13-14-17-29-38-34-26-24-33(25-27-34)36-19-16-15-18-35(36)32-22-20-31(21-23-32)30(3)37-28-5-2/h15-16,18-27,30H,4-14,17,28-29H2,1-3H3. The molecule has 0 aliphatic heterocycles. The Morgan fingerprint density at radius 3 is 1.55 bits per heavy atom. The van der Waals surface area contributed by atoms with Crippen molar-refractivity contribution in [2.45, 2.75) is 104 Å². The lowest BCUT2D eigenvalue weighted by Crippen LogP contribution is -2.00. The summed E-state index contributed by atoms with van der Waals surface area (Å²) in [5.41, 5.74) is 6.15. The van der Waals surface area contributed by atoms with Gasteiger partial charge in [-0.05, 0) is 59.7 Å². The molecule has 0 saturated heterocycles. The van der Waals surface area contributed by atoms with Crippen LogP contribution in [0, 0.1) is 0 Å². The summed E-state index contributed by atoms with van der Waals surface area (Å²) in [4.78, 5) is 0. The molecule has 0 saturated carbocycles. The molecule has 0 spiro atoms. The second kappa shape index (κ2) is 17.8. The topological polar surface area (TPSA) is 18.5 Å². The van der Waals surface area contributed by atoms with Gasteiger partial charge in [-0.25, -0.2) is 0 Å². The molecule has 3 rings (SSSR count). The van der Waals surface area contributed by atoms with Crippen LogP contribution in [0.25, 0.3) is 22.3 Å². The summed E-state index contributed by atoms with van der Waals surface area (Å²) in [6, 6.07) is 26.0. The first-order valence-corrected chi connectivity index (χ1v) is 15.3. The van der Waals surface area contributed by atoms with Crippen molar-refractivity contribution >= 4 is 0 Å². The Morgan fingerprint density at radius 2 is 1.03 bits per heavy atom. The summed E-state index contributed by atoms with van der Waals surface area (Å²) in [7, 11) is 0. The first kappa shape index (κ1) is 30.0. The second-order valence-corrected chi connectivity index (χ2v) is 10.6. The Hall–Kier alpha value is -2.58. The van der Waals surface area contributed by atoms with Crippen LogP contribution in [-0.4, -0.2) is 13.2 Å². The molecule has 0 N–H and O–H groups in total. The molecule has 38 heavy (non-hydrogen) atoms. The summed E-state index contributed by atoms with van der Waals surface area (Å²) < 4.78 is 11.9. The third kappa shape index (κ3) is 10.3. The summed E-state index contributed by atoms with van der Waals surface area (Å²) in [6.07, 6.45) is 16.1. The van der Waals surface area contributed by atoms with E-state index < -0.39 is 0 Å². The van der Waals surface area contributed by atoms with Gasteiger partial charge in [0.25, 0.3) is 0 Å². The highest BCUT2D eigenvalue weighted by atomic mass is 16.5. The minimum Gasteiger partial charge on any atom is -0.494 e. The van der Waals surface area contributed by atoms with Crippen molar-refractivity contribution in [3.8, 4) is 28.0 Å². The van der Waals surface area contributed by atoms with E-state index in [9.17, 15) is 0 Å². The number of benzene rings is 3. The quantitative estimate of drug-likeness (QED) is 0.148. The van der Waals surface area contributed by atoms with Crippen LogP contribution < -0.4 is 4.74 Å². The van der Waals surface area contributed by atoms with E-state index in [1.54, 1.807) is 0 Å². The van der Waals surface area contributed by atoms with Gasteiger partial charge in [-0.2, -0.15) is 0 Å². The lowest BCUT2D eigenvalue weighted by atomic mass is 9.94. The van der Waals surface area contributed by atoms with Crippen LogP contribution in [0.3, 0.4) is 0 Å². The summed E-state index contributed by atoms with van der Waals surface area (Å²) in [6.45, 7) is 8.15. The lowest BCUT2D eigenvalue weighted by Gasteiger charge is -2.15. The van der Waals surface area contributed by atoms with Crippen molar-refractivity contribution in [3.63, 3.8) is 0 Å². The van der Waals surface area contributed by atoms with E-state index >= 15 is 0 Å². The highest BCUT2D eigenvalue weighted by Crippen LogP contribution is 2.33. The number of unbranched alkanes of at least 4 members (excludes halogenated alkanes) is 10. The van der Waals surface area contributed by atoms with Crippen LogP contribution in [0.4, 0.5) is 0 Å². The first-order valence-electron chi connectivity index (χ1n) is 15.3. The Morgan fingerprint density at radius 1 is 0.526 bits per heavy atom. The molecule has 0 aliphatic carbocycles. The molecule has 0 aromatic heterocycles. The van der Waals surface area contributed by atoms with Gasteiger partial charge in [-0.1, -0.05) is 139 Å². The van der Waals surface area contributed by atoms with Gasteiger partial charge in [-0.15, -0.1) is 0 Å². The molecule has 206 valence electrons. The van der Waals surface area contributed by atoms with Gasteiger partial charge in [0.15, 0.2) is 0 Å². The van der Waals surface area contributed by atoms with Gasteiger partial charge in [0.2, 0.25) is 0 Å². The number of hydrogen-bond acceptors (Lipinski definition) is 2. The van der Waals surface area contributed by atoms with E-state index in [2.05, 4.69) is 93.6 Å². The molecule has 0 fully saturated rings. The fourth-order valence-electron chi connectivity index (χ4n) is 5.00. The molecule has 2 heteroatoms. The minimum atomic E-state index is 0.122. The van der Waals surface area contributed by atoms with Gasteiger partial charge in [0.05, 0.1) is 12.7 Å². The fourth-order valence-corrected chi connectivity index (χ4v) is 5.00. The van der Waals surface area contributed by atoms with Crippen molar-refractivity contribution in [2.75, 3.05) is 13.2 Å². The van der Waals surface area contributed by atoms with Crippen molar-refractivity contribution in [2.24, 2.45) is 0 Å². The van der Waals surface area contributed by atoms with Crippen LogP contribution in [-0.2, 0) is 4.74 Å². The molecule has 0 heterocycles. The third-order valence-electron chi connectivity index (χ3n) is 7.37. The zero-order valence-electron chi connectivity index (χ0n) is 24.2. The Kier molecular flexibility index (Phi) is 14.1. The number of ether oxygens (including phenoxy) is 2. The zero-order chi connectivity index (χ0) is 26.8. The number of hydrogen-bond donors (Lipinski definition) is 0. The maximum absolute atomic E-state index is 6.05. The average Bonchev–Trinajstić information content (AvgIpc) is 2.97. The summed E-state index contributed by atoms with van der Waals surface area (Å²) in [5.74, 6) is 0.962. The maximum atomic E-state index is 6.05. The van der Waals surface area contributed by atoms with Gasteiger partial charge in [0, 0.05) is 6.61 Å². The Bertz CT molecular complexity index is 1010. The Labute approximate surface area is 232 Å². The third-order valence-corrected chi connectivity index (χ3v) is 7.37. The van der Waals surface area contributed by atoms with E-state index in [1.165, 1.54) is 92.0 Å². The van der Waals surface area contributed by atoms with Crippen molar-refractivity contribution in [1.82, 2.24) is 0 Å². The highest BCUT2D eigenvalue weighted by molar-refractivity contribution is 5.83. The molecule has 2 nitrogen and oxygen atoms in total. The van der Waals surface area contributed by atoms with Crippen LogP contribution in [0.15, 0.2) is 72.8 Å². The van der Waals surface area contributed by atoms with Crippen LogP contribution >= 0.6 is 0 Å². The van der Waals surface area contributed by atoms with Crippen LogP contribution in [0.2, 0.25) is 0 Å². The maximum Gasteiger partial charge on any atom is 0.119 e. The van der Waals surface area contributed by atoms with Gasteiger partial charge in [0.1, 0.15) is 5.75 Å². The molecule has 0 amide bonds. The van der Waals surface area contributed by atoms with E-state index in [-0.39, 0.29) is 6.10 Å². The molecule has 0 aliphatic rings. The van der Waals surface area contributed by atoms with E-state index in [0.29, 0.717) is 0 Å². The fraction of sp³-hybridized carbons (Fsp3) is 0.500. The predicted molar refractivity (Wildman–Crippen MR) is 164 cm³/mol. The minimum absolute atomic E-state index is 0.122. The van der Waals surface area contributed by atoms with Crippen molar-refractivity contribution in [1.29, 1.82) is 0 Å². The molecular formula is C36H50O2. The monoisotopic (exact) mass is 514 g/mol. The lowest BCUT2D eigenvalue weighted by molar-refractivity contribution is 0.0663. The van der Waals surface area contributed by atoms with E-state index in [4.69, 9.17) is 9.47 Å². The van der Waals surface area contributed by atoms with E-state index in [0.717, 1.165) is 31.8 Å². The summed E-state index contributed by atoms with van der Waals surface area (Å²) >= 11 is 0. The summed E-state index contributed by atoms with van der Waals surface area (Å²) in [5, 5.41) is 0. The molecule has 0 radical (unpaired) electrons. The largest absolute Gasteiger partial charge is 0.494 e. The highest BCUT2D eigenvalue weighted by Gasteiger charge is 2.10. The number of rotatable bonds is 19. The molecular weight excluding hydrogens is 464 g/mol. The zero-order valence-corrected chi connectivity index (χ0v) is 24.2. The predicted octanol–water partition coefficient (Wildman–Crippen LogP) is 11.2. The second-order valence-electron chi connectivity index (χ2n) is 10.6. The van der Waals surface area contributed by atoms with Crippen molar-refractivity contribution < 1.29 is 9.47 Å². The smallest absolute Gasteiger partial charge is 0.119 e. The van der Waals surface area contributed by atoms with Gasteiger partial charge in [-0.3, -0.25) is 0 Å². The molecule has 0 bridgehead atoms. The van der Waals surface area contributed by atoms with E-state index in [1.807, 2.05) is 0 Å². The molecule has 3 aromatic carbocycles. The van der Waals surface area contributed by atoms with Gasteiger partial charge < -0.3 is 9.47 Å². The van der Waals surface area contributed by atoms with Crippen molar-refractivity contribution in [3.05, 3.63) is 78.4 Å². The first-order chi connectivity index (χ1) is 18.7. The molecule has 1 atom stereocenters. The SMILES string of the molecule is CCCCCCCCCCCCCOc1ccc(-c2ccccc2-c2ccc(C(C)OCCC)cc2)cc1. The molecule has 1 unspecified atom stereocenters.